The molecule has 1 aliphatic carbocycles. The number of nitrogens with one attached hydrogen (secondary N) is 1. The van der Waals surface area contributed by atoms with Crippen molar-refractivity contribution in [3.8, 4) is 0 Å². The number of aromatic nitrogens is 3. The number of hydrogen-bond acceptors (Lipinski definition) is 4. The monoisotopic (exact) mass is 367 g/mol. The Hall–Kier alpha value is -2.83. The molecule has 27 heavy (non-hydrogen) atoms. The Balaban J connectivity index is 1.44. The maximum absolute atomic E-state index is 12.5. The van der Waals surface area contributed by atoms with E-state index in [0.29, 0.717) is 12.5 Å². The summed E-state index contributed by atoms with van der Waals surface area (Å²) in [4.78, 5) is 18.8. The summed E-state index contributed by atoms with van der Waals surface area (Å²) < 4.78 is 7.55. The molecule has 0 radical (unpaired) electrons. The first-order chi connectivity index (χ1) is 13.1. The standard InChI is InChI=1S/C20H25N5O2/c1-4-19-22-16-10-14(8-9-17(16)25(19)5-2)21-20(26)24(3)12-15-11-18(27-23-15)13-6-7-13/h8-11,13H,4-7,12H2,1-3H3,(H,21,26). The van der Waals surface area contributed by atoms with Gasteiger partial charge in [0, 0.05) is 37.7 Å². The number of anilines is 1. The summed E-state index contributed by atoms with van der Waals surface area (Å²) in [5, 5.41) is 7.01. The summed E-state index contributed by atoms with van der Waals surface area (Å²) >= 11 is 0. The van der Waals surface area contributed by atoms with E-state index >= 15 is 0 Å². The lowest BCUT2D eigenvalue weighted by Crippen LogP contribution is -2.30. The second-order valence-corrected chi connectivity index (χ2v) is 7.11. The third-order valence-corrected chi connectivity index (χ3v) is 5.01. The van der Waals surface area contributed by atoms with E-state index < -0.39 is 0 Å². The number of hydrogen-bond donors (Lipinski definition) is 1. The van der Waals surface area contributed by atoms with E-state index in [1.165, 1.54) is 12.8 Å². The summed E-state index contributed by atoms with van der Waals surface area (Å²) in [6, 6.07) is 7.63. The molecule has 4 rings (SSSR count). The summed E-state index contributed by atoms with van der Waals surface area (Å²) in [5.74, 6) is 2.51. The fourth-order valence-electron chi connectivity index (χ4n) is 3.38. The molecule has 7 heteroatoms. The number of rotatable bonds is 6. The van der Waals surface area contributed by atoms with Crippen molar-refractivity contribution in [3.05, 3.63) is 41.5 Å². The van der Waals surface area contributed by atoms with Gasteiger partial charge in [0.05, 0.1) is 17.6 Å². The molecule has 2 aromatic heterocycles. The van der Waals surface area contributed by atoms with Gasteiger partial charge in [-0.3, -0.25) is 0 Å². The molecule has 0 atom stereocenters. The Kier molecular flexibility index (Phi) is 4.59. The van der Waals surface area contributed by atoms with Crippen LogP contribution in [0.15, 0.2) is 28.8 Å². The molecular formula is C20H25N5O2. The molecular weight excluding hydrogens is 342 g/mol. The zero-order valence-electron chi connectivity index (χ0n) is 16.0. The Morgan fingerprint density at radius 3 is 2.85 bits per heavy atom. The minimum atomic E-state index is -0.184. The molecule has 7 nitrogen and oxygen atoms in total. The van der Waals surface area contributed by atoms with Crippen LogP contribution in [-0.4, -0.2) is 32.7 Å². The number of imidazole rings is 1. The van der Waals surface area contributed by atoms with Crippen LogP contribution >= 0.6 is 0 Å². The van der Waals surface area contributed by atoms with Crippen molar-refractivity contribution in [2.75, 3.05) is 12.4 Å². The summed E-state index contributed by atoms with van der Waals surface area (Å²) in [7, 11) is 1.75. The fourth-order valence-corrected chi connectivity index (χ4v) is 3.38. The van der Waals surface area contributed by atoms with Gasteiger partial charge in [0.15, 0.2) is 0 Å². The first kappa shape index (κ1) is 17.6. The van der Waals surface area contributed by atoms with Gasteiger partial charge in [0.2, 0.25) is 0 Å². The summed E-state index contributed by atoms with van der Waals surface area (Å²) in [6.45, 7) is 5.51. The summed E-state index contributed by atoms with van der Waals surface area (Å²) in [5.41, 5.74) is 3.51. The highest BCUT2D eigenvalue weighted by molar-refractivity contribution is 5.92. The van der Waals surface area contributed by atoms with Crippen LogP contribution in [0.1, 0.15) is 49.9 Å². The number of nitrogens with zero attached hydrogens (tertiary/aromatic N) is 4. The van der Waals surface area contributed by atoms with Crippen LogP contribution in [0.4, 0.5) is 10.5 Å². The molecule has 0 aliphatic heterocycles. The van der Waals surface area contributed by atoms with Crippen molar-refractivity contribution in [1.82, 2.24) is 19.6 Å². The molecule has 2 heterocycles. The van der Waals surface area contributed by atoms with Gasteiger partial charge in [0.1, 0.15) is 17.3 Å². The number of aryl methyl sites for hydroxylation is 2. The first-order valence-electron chi connectivity index (χ1n) is 9.55. The molecule has 1 fully saturated rings. The van der Waals surface area contributed by atoms with E-state index in [1.54, 1.807) is 11.9 Å². The lowest BCUT2D eigenvalue weighted by atomic mass is 10.2. The zero-order chi connectivity index (χ0) is 19.0. The van der Waals surface area contributed by atoms with Gasteiger partial charge < -0.3 is 19.3 Å². The molecule has 142 valence electrons. The van der Waals surface area contributed by atoms with Crippen LogP contribution in [0.2, 0.25) is 0 Å². The normalized spacial score (nSPS) is 13.9. The lowest BCUT2D eigenvalue weighted by Gasteiger charge is -2.16. The minimum absolute atomic E-state index is 0.184. The van der Waals surface area contributed by atoms with Crippen LogP contribution < -0.4 is 5.32 Å². The van der Waals surface area contributed by atoms with Crippen molar-refractivity contribution in [1.29, 1.82) is 0 Å². The number of amides is 2. The summed E-state index contributed by atoms with van der Waals surface area (Å²) in [6.07, 6.45) is 3.22. The molecule has 1 saturated carbocycles. The van der Waals surface area contributed by atoms with Gasteiger partial charge in [-0.1, -0.05) is 12.1 Å². The van der Waals surface area contributed by atoms with Crippen molar-refractivity contribution in [2.45, 2.75) is 52.1 Å². The van der Waals surface area contributed by atoms with Crippen molar-refractivity contribution in [3.63, 3.8) is 0 Å². The maximum Gasteiger partial charge on any atom is 0.321 e. The molecule has 1 aliphatic rings. The smallest absolute Gasteiger partial charge is 0.321 e. The Bertz CT molecular complexity index is 970. The Labute approximate surface area is 158 Å². The molecule has 0 spiro atoms. The highest BCUT2D eigenvalue weighted by Crippen LogP contribution is 2.40. The third-order valence-electron chi connectivity index (χ3n) is 5.01. The van der Waals surface area contributed by atoms with Gasteiger partial charge in [-0.2, -0.15) is 0 Å². The van der Waals surface area contributed by atoms with Crippen LogP contribution in [0.25, 0.3) is 11.0 Å². The van der Waals surface area contributed by atoms with Crippen molar-refractivity contribution < 1.29 is 9.32 Å². The quantitative estimate of drug-likeness (QED) is 0.710. The second-order valence-electron chi connectivity index (χ2n) is 7.11. The van der Waals surface area contributed by atoms with Gasteiger partial charge in [-0.25, -0.2) is 9.78 Å². The van der Waals surface area contributed by atoms with Crippen molar-refractivity contribution in [2.24, 2.45) is 0 Å². The molecule has 1 N–H and O–H groups in total. The second kappa shape index (κ2) is 7.06. The first-order valence-corrected chi connectivity index (χ1v) is 9.55. The van der Waals surface area contributed by atoms with E-state index in [-0.39, 0.29) is 6.03 Å². The van der Waals surface area contributed by atoms with E-state index in [4.69, 9.17) is 4.52 Å². The van der Waals surface area contributed by atoms with Crippen LogP contribution in [0, 0.1) is 0 Å². The van der Waals surface area contributed by atoms with Crippen molar-refractivity contribution >= 4 is 22.8 Å². The van der Waals surface area contributed by atoms with E-state index in [9.17, 15) is 4.79 Å². The highest BCUT2D eigenvalue weighted by Gasteiger charge is 2.28. The minimum Gasteiger partial charge on any atom is -0.361 e. The lowest BCUT2D eigenvalue weighted by molar-refractivity contribution is 0.219. The van der Waals surface area contributed by atoms with E-state index in [0.717, 1.165) is 47.0 Å². The average Bonchev–Trinajstić information content (AvgIpc) is 3.30. The van der Waals surface area contributed by atoms with Crippen LogP contribution in [0.3, 0.4) is 0 Å². The SMILES string of the molecule is CCc1nc2cc(NC(=O)N(C)Cc3cc(C4CC4)on3)ccc2n1CC. The number of fused-ring (bicyclic) bond motifs is 1. The van der Waals surface area contributed by atoms with E-state index in [2.05, 4.69) is 33.9 Å². The number of benzene rings is 1. The van der Waals surface area contributed by atoms with Gasteiger partial charge in [-0.15, -0.1) is 0 Å². The Morgan fingerprint density at radius 1 is 1.33 bits per heavy atom. The predicted molar refractivity (Wildman–Crippen MR) is 104 cm³/mol. The van der Waals surface area contributed by atoms with Gasteiger partial charge in [-0.05, 0) is 38.0 Å². The predicted octanol–water partition coefficient (Wildman–Crippen LogP) is 4.15. The fraction of sp³-hybridized carbons (Fsp3) is 0.450. The Morgan fingerprint density at radius 2 is 2.15 bits per heavy atom. The molecule has 0 bridgehead atoms. The van der Waals surface area contributed by atoms with Crippen LogP contribution in [-0.2, 0) is 19.5 Å². The maximum atomic E-state index is 12.5. The molecule has 0 unspecified atom stereocenters. The molecule has 1 aromatic carbocycles. The average molecular weight is 367 g/mol. The highest BCUT2D eigenvalue weighted by atomic mass is 16.5. The number of urea groups is 1. The van der Waals surface area contributed by atoms with Gasteiger partial charge >= 0.3 is 6.03 Å². The topological polar surface area (TPSA) is 76.2 Å². The molecule has 3 aromatic rings. The molecule has 0 saturated heterocycles. The zero-order valence-corrected chi connectivity index (χ0v) is 16.0. The van der Waals surface area contributed by atoms with Gasteiger partial charge in [0.25, 0.3) is 0 Å². The third kappa shape index (κ3) is 3.54. The molecule has 2 amide bonds. The number of carbonyl (C=O) groups is 1. The van der Waals surface area contributed by atoms with Crippen LogP contribution in [0.5, 0.6) is 0 Å². The van der Waals surface area contributed by atoms with E-state index in [1.807, 2.05) is 24.3 Å². The number of carbonyl (C=O) groups excluding carboxylic acids is 1. The largest absolute Gasteiger partial charge is 0.361 e.